The number of ether oxygens (including phenoxy) is 2. The summed E-state index contributed by atoms with van der Waals surface area (Å²) in [6.07, 6.45) is 0.520. The number of hydrogen-bond donors (Lipinski definition) is 2. The SMILES string of the molecule is C[C@]1(C(=O)OCC(=O)NCCNC(=O)COC(=O)[C@@]2(C)CC2(Cl)Cl)CC1(Cl)Cl. The molecule has 2 rings (SSSR count). The largest absolute Gasteiger partial charge is 0.455 e. The number of carbonyl (C=O) groups is 4. The Balaban J connectivity index is 1.54. The van der Waals surface area contributed by atoms with Crippen molar-refractivity contribution in [2.24, 2.45) is 10.8 Å². The lowest BCUT2D eigenvalue weighted by Crippen LogP contribution is -2.38. The topological polar surface area (TPSA) is 111 Å². The van der Waals surface area contributed by atoms with Crippen molar-refractivity contribution < 1.29 is 28.7 Å². The van der Waals surface area contributed by atoms with Crippen LogP contribution in [0, 0.1) is 10.8 Å². The smallest absolute Gasteiger partial charge is 0.315 e. The summed E-state index contributed by atoms with van der Waals surface area (Å²) in [6.45, 7) is 2.32. The molecule has 0 aromatic heterocycles. The molecule has 0 saturated heterocycles. The van der Waals surface area contributed by atoms with Crippen molar-refractivity contribution in [3.63, 3.8) is 0 Å². The zero-order valence-electron chi connectivity index (χ0n) is 15.2. The Labute approximate surface area is 181 Å². The third kappa shape index (κ3) is 4.96. The number of alkyl halides is 4. The molecular formula is C16H20Cl4N2O6. The second-order valence-corrected chi connectivity index (χ2v) is 10.2. The van der Waals surface area contributed by atoms with Crippen molar-refractivity contribution in [2.45, 2.75) is 35.4 Å². The summed E-state index contributed by atoms with van der Waals surface area (Å²) in [5.74, 6) is -2.39. The maximum absolute atomic E-state index is 11.8. The van der Waals surface area contributed by atoms with Gasteiger partial charge in [0.1, 0.15) is 19.5 Å². The van der Waals surface area contributed by atoms with E-state index in [1.807, 2.05) is 0 Å². The highest BCUT2D eigenvalue weighted by Gasteiger charge is 2.69. The molecule has 158 valence electrons. The molecule has 0 bridgehead atoms. The molecule has 2 saturated carbocycles. The van der Waals surface area contributed by atoms with Gasteiger partial charge in [0.25, 0.3) is 11.8 Å². The van der Waals surface area contributed by atoms with Gasteiger partial charge in [0.05, 0.1) is 0 Å². The Kier molecular flexibility index (Phi) is 6.70. The number of amides is 2. The molecule has 0 radical (unpaired) electrons. The fraction of sp³-hybridized carbons (Fsp3) is 0.750. The Morgan fingerprint density at radius 1 is 0.750 bits per heavy atom. The lowest BCUT2D eigenvalue weighted by atomic mass is 10.1. The average molecular weight is 478 g/mol. The predicted molar refractivity (Wildman–Crippen MR) is 102 cm³/mol. The van der Waals surface area contributed by atoms with E-state index in [9.17, 15) is 19.2 Å². The van der Waals surface area contributed by atoms with Crippen molar-refractivity contribution in [3.8, 4) is 0 Å². The maximum atomic E-state index is 11.8. The van der Waals surface area contributed by atoms with Crippen LogP contribution >= 0.6 is 46.4 Å². The van der Waals surface area contributed by atoms with E-state index in [0.29, 0.717) is 0 Å². The van der Waals surface area contributed by atoms with Gasteiger partial charge in [-0.1, -0.05) is 0 Å². The molecule has 0 aromatic rings. The summed E-state index contributed by atoms with van der Waals surface area (Å²) >= 11 is 23.4. The molecule has 12 heteroatoms. The van der Waals surface area contributed by atoms with E-state index in [1.165, 1.54) is 0 Å². The predicted octanol–water partition coefficient (Wildman–Crippen LogP) is 1.47. The Hall–Kier alpha value is -0.960. The van der Waals surface area contributed by atoms with Gasteiger partial charge in [-0.3, -0.25) is 19.2 Å². The lowest BCUT2D eigenvalue weighted by Gasteiger charge is -2.13. The normalized spacial score (nSPS) is 28.6. The van der Waals surface area contributed by atoms with Gasteiger partial charge in [-0.25, -0.2) is 0 Å². The number of carbonyl (C=O) groups excluding carboxylic acids is 4. The van der Waals surface area contributed by atoms with Crippen LogP contribution in [0.15, 0.2) is 0 Å². The summed E-state index contributed by atoms with van der Waals surface area (Å²) in [5, 5.41) is 4.91. The number of hydrogen-bond acceptors (Lipinski definition) is 6. The van der Waals surface area contributed by atoms with Crippen molar-refractivity contribution in [3.05, 3.63) is 0 Å². The van der Waals surface area contributed by atoms with E-state index in [-0.39, 0.29) is 25.9 Å². The van der Waals surface area contributed by atoms with Crippen LogP contribution in [0.5, 0.6) is 0 Å². The molecule has 0 unspecified atom stereocenters. The molecule has 2 fully saturated rings. The van der Waals surface area contributed by atoms with E-state index in [4.69, 9.17) is 55.9 Å². The lowest BCUT2D eigenvalue weighted by molar-refractivity contribution is -0.154. The van der Waals surface area contributed by atoms with Crippen LogP contribution in [0.25, 0.3) is 0 Å². The molecular weight excluding hydrogens is 458 g/mol. The standard InChI is InChI=1S/C16H20Cl4N2O6/c1-13(7-15(13,17)18)11(25)27-5-9(23)21-3-4-22-10(24)6-28-12(26)14(2)8-16(14,19)20/h3-8H2,1-2H3,(H,21,23)(H,22,24)/t13-,14-/m1/s1. The minimum Gasteiger partial charge on any atom is -0.455 e. The third-order valence-corrected chi connectivity index (χ3v) is 7.06. The van der Waals surface area contributed by atoms with E-state index in [1.54, 1.807) is 13.8 Å². The Bertz CT molecular complexity index is 643. The number of rotatable bonds is 9. The molecule has 2 amide bonds. The van der Waals surface area contributed by atoms with E-state index in [0.717, 1.165) is 0 Å². The first-order valence-corrected chi connectivity index (χ1v) is 9.90. The first-order chi connectivity index (χ1) is 12.8. The van der Waals surface area contributed by atoms with E-state index >= 15 is 0 Å². The molecule has 0 spiro atoms. The van der Waals surface area contributed by atoms with Gasteiger partial charge in [0, 0.05) is 25.9 Å². The van der Waals surface area contributed by atoms with Gasteiger partial charge in [0.2, 0.25) is 0 Å². The fourth-order valence-corrected chi connectivity index (χ4v) is 3.71. The van der Waals surface area contributed by atoms with Gasteiger partial charge in [0.15, 0.2) is 13.2 Å². The first-order valence-electron chi connectivity index (χ1n) is 8.39. The highest BCUT2D eigenvalue weighted by atomic mass is 35.5. The highest BCUT2D eigenvalue weighted by Crippen LogP contribution is 2.64. The summed E-state index contributed by atoms with van der Waals surface area (Å²) in [5.41, 5.74) is -2.02. The van der Waals surface area contributed by atoms with Crippen LogP contribution < -0.4 is 10.6 Å². The number of halogens is 4. The summed E-state index contributed by atoms with van der Waals surface area (Å²) in [4.78, 5) is 46.9. The number of nitrogens with one attached hydrogen (secondary N) is 2. The van der Waals surface area contributed by atoms with Crippen molar-refractivity contribution in [2.75, 3.05) is 26.3 Å². The summed E-state index contributed by atoms with van der Waals surface area (Å²) in [6, 6.07) is 0. The maximum Gasteiger partial charge on any atom is 0.315 e. The molecule has 2 N–H and O–H groups in total. The first kappa shape index (κ1) is 23.3. The molecule has 2 aliphatic rings. The van der Waals surface area contributed by atoms with Crippen molar-refractivity contribution >= 4 is 70.2 Å². The summed E-state index contributed by atoms with van der Waals surface area (Å²) in [7, 11) is 0. The molecule has 2 atom stereocenters. The second-order valence-electron chi connectivity index (χ2n) is 7.28. The molecule has 0 aromatic carbocycles. The van der Waals surface area contributed by atoms with Crippen LogP contribution in [-0.4, -0.2) is 58.7 Å². The molecule has 0 heterocycles. The van der Waals surface area contributed by atoms with Crippen molar-refractivity contribution in [1.82, 2.24) is 10.6 Å². The van der Waals surface area contributed by atoms with Gasteiger partial charge in [-0.2, -0.15) is 0 Å². The zero-order valence-corrected chi connectivity index (χ0v) is 18.2. The summed E-state index contributed by atoms with van der Waals surface area (Å²) < 4.78 is 7.42. The van der Waals surface area contributed by atoms with Crippen LogP contribution in [0.3, 0.4) is 0 Å². The minimum absolute atomic E-state index is 0.0898. The molecule has 28 heavy (non-hydrogen) atoms. The van der Waals surface area contributed by atoms with Crippen LogP contribution in [0.4, 0.5) is 0 Å². The highest BCUT2D eigenvalue weighted by molar-refractivity contribution is 6.53. The van der Waals surface area contributed by atoms with Crippen LogP contribution in [0.1, 0.15) is 26.7 Å². The van der Waals surface area contributed by atoms with Crippen molar-refractivity contribution in [1.29, 1.82) is 0 Å². The van der Waals surface area contributed by atoms with Gasteiger partial charge in [-0.05, 0) is 13.8 Å². The van der Waals surface area contributed by atoms with Crippen LogP contribution in [-0.2, 0) is 28.7 Å². The minimum atomic E-state index is -1.17. The van der Waals surface area contributed by atoms with E-state index < -0.39 is 56.5 Å². The third-order valence-electron chi connectivity index (χ3n) is 4.85. The van der Waals surface area contributed by atoms with Gasteiger partial charge >= 0.3 is 11.9 Å². The molecule has 8 nitrogen and oxygen atoms in total. The zero-order chi connectivity index (χ0) is 21.4. The van der Waals surface area contributed by atoms with Gasteiger partial charge < -0.3 is 20.1 Å². The Morgan fingerprint density at radius 3 is 1.29 bits per heavy atom. The second kappa shape index (κ2) is 8.05. The fourth-order valence-electron chi connectivity index (χ4n) is 2.33. The van der Waals surface area contributed by atoms with Crippen LogP contribution in [0.2, 0.25) is 0 Å². The molecule has 2 aliphatic carbocycles. The molecule has 0 aliphatic heterocycles. The quantitative estimate of drug-likeness (QED) is 0.295. The monoisotopic (exact) mass is 476 g/mol. The average Bonchev–Trinajstić information content (AvgIpc) is 3.34. The van der Waals surface area contributed by atoms with Gasteiger partial charge in [-0.15, -0.1) is 46.4 Å². The number of esters is 2. The van der Waals surface area contributed by atoms with E-state index in [2.05, 4.69) is 10.6 Å². The Morgan fingerprint density at radius 2 is 1.04 bits per heavy atom.